The third-order valence-corrected chi connectivity index (χ3v) is 5.69. The number of carbonyl (C=O) groups is 1. The summed E-state index contributed by atoms with van der Waals surface area (Å²) in [6, 6.07) is 7.45. The Labute approximate surface area is 167 Å². The van der Waals surface area contributed by atoms with E-state index in [1.807, 2.05) is 32.0 Å². The molecular formula is C20H23N3O4S. The van der Waals surface area contributed by atoms with Crippen LogP contribution in [-0.4, -0.2) is 46.7 Å². The summed E-state index contributed by atoms with van der Waals surface area (Å²) in [5.41, 5.74) is 1.21. The van der Waals surface area contributed by atoms with Crippen LogP contribution in [0.2, 0.25) is 0 Å². The SMILES string of the molecule is CCN(C[C@H]1CCCO1)C(=O)c1cc(COc2ccc3sc(C)nc3c2)on1. The lowest BCUT2D eigenvalue weighted by Crippen LogP contribution is -2.37. The van der Waals surface area contributed by atoms with E-state index < -0.39 is 0 Å². The number of ether oxygens (including phenoxy) is 2. The molecule has 1 aliphatic rings. The summed E-state index contributed by atoms with van der Waals surface area (Å²) in [5.74, 6) is 1.06. The van der Waals surface area contributed by atoms with E-state index in [9.17, 15) is 4.79 Å². The lowest BCUT2D eigenvalue weighted by Gasteiger charge is -2.22. The van der Waals surface area contributed by atoms with Gasteiger partial charge in [-0.25, -0.2) is 4.98 Å². The number of nitrogens with zero attached hydrogens (tertiary/aromatic N) is 3. The van der Waals surface area contributed by atoms with Gasteiger partial charge in [0.25, 0.3) is 5.91 Å². The molecule has 0 spiro atoms. The average molecular weight is 401 g/mol. The summed E-state index contributed by atoms with van der Waals surface area (Å²) in [6.07, 6.45) is 2.15. The minimum Gasteiger partial charge on any atom is -0.485 e. The molecule has 1 amide bonds. The number of hydrogen-bond donors (Lipinski definition) is 0. The van der Waals surface area contributed by atoms with Gasteiger partial charge in [-0.15, -0.1) is 11.3 Å². The monoisotopic (exact) mass is 401 g/mol. The first kappa shape index (κ1) is 18.9. The molecule has 0 bridgehead atoms. The van der Waals surface area contributed by atoms with Gasteiger partial charge in [0.15, 0.2) is 11.5 Å². The molecule has 28 heavy (non-hydrogen) atoms. The second kappa shape index (κ2) is 8.28. The molecule has 4 rings (SSSR count). The van der Waals surface area contributed by atoms with Crippen molar-refractivity contribution in [3.05, 3.63) is 40.7 Å². The van der Waals surface area contributed by atoms with Crippen LogP contribution in [-0.2, 0) is 11.3 Å². The maximum absolute atomic E-state index is 12.7. The smallest absolute Gasteiger partial charge is 0.276 e. The maximum atomic E-state index is 12.7. The normalized spacial score (nSPS) is 16.6. The van der Waals surface area contributed by atoms with Gasteiger partial charge in [0.05, 0.1) is 21.3 Å². The van der Waals surface area contributed by atoms with Crippen molar-refractivity contribution in [1.29, 1.82) is 0 Å². The standard InChI is InChI=1S/C20H23N3O4S/c1-3-23(11-15-5-4-8-25-15)20(24)18-10-16(27-22-18)12-26-14-6-7-19-17(9-14)21-13(2)28-19/h6-7,9-10,15H,3-5,8,11-12H2,1-2H3/t15-/m1/s1. The first-order chi connectivity index (χ1) is 13.6. The Bertz CT molecular complexity index is 961. The van der Waals surface area contributed by atoms with Crippen molar-refractivity contribution in [3.8, 4) is 5.75 Å². The zero-order chi connectivity index (χ0) is 19.5. The molecule has 1 atom stereocenters. The van der Waals surface area contributed by atoms with Gasteiger partial charge in [-0.2, -0.15) is 0 Å². The molecule has 3 heterocycles. The van der Waals surface area contributed by atoms with Crippen LogP contribution in [0.3, 0.4) is 0 Å². The topological polar surface area (TPSA) is 77.7 Å². The van der Waals surface area contributed by atoms with E-state index in [1.54, 1.807) is 22.3 Å². The van der Waals surface area contributed by atoms with Crippen LogP contribution in [0.15, 0.2) is 28.8 Å². The third-order valence-electron chi connectivity index (χ3n) is 4.74. The summed E-state index contributed by atoms with van der Waals surface area (Å²) in [7, 11) is 0. The molecular weight excluding hydrogens is 378 g/mol. The number of amides is 1. The van der Waals surface area contributed by atoms with Gasteiger partial charge in [-0.05, 0) is 38.8 Å². The highest BCUT2D eigenvalue weighted by molar-refractivity contribution is 7.18. The molecule has 2 aromatic heterocycles. The molecule has 0 N–H and O–H groups in total. The first-order valence-corrected chi connectivity index (χ1v) is 10.3. The van der Waals surface area contributed by atoms with Crippen LogP contribution in [0.4, 0.5) is 0 Å². The molecule has 7 nitrogen and oxygen atoms in total. The number of aromatic nitrogens is 2. The quantitative estimate of drug-likeness (QED) is 0.599. The first-order valence-electron chi connectivity index (χ1n) is 9.49. The van der Waals surface area contributed by atoms with E-state index in [0.717, 1.165) is 34.7 Å². The second-order valence-electron chi connectivity index (χ2n) is 6.81. The summed E-state index contributed by atoms with van der Waals surface area (Å²) in [6.45, 7) is 6.09. The van der Waals surface area contributed by atoms with Gasteiger partial charge >= 0.3 is 0 Å². The Morgan fingerprint density at radius 3 is 3.07 bits per heavy atom. The number of benzene rings is 1. The molecule has 148 valence electrons. The number of thiazole rings is 1. The third kappa shape index (κ3) is 4.18. The van der Waals surface area contributed by atoms with Crippen LogP contribution in [0, 0.1) is 6.92 Å². The molecule has 3 aromatic rings. The van der Waals surface area contributed by atoms with Gasteiger partial charge in [0, 0.05) is 31.8 Å². The molecule has 0 unspecified atom stereocenters. The van der Waals surface area contributed by atoms with Crippen molar-refractivity contribution in [2.24, 2.45) is 0 Å². The van der Waals surface area contributed by atoms with Gasteiger partial charge in [-0.1, -0.05) is 5.16 Å². The number of hydrogen-bond acceptors (Lipinski definition) is 7. The van der Waals surface area contributed by atoms with E-state index in [1.165, 1.54) is 0 Å². The van der Waals surface area contributed by atoms with Crippen LogP contribution in [0.1, 0.15) is 41.0 Å². The van der Waals surface area contributed by atoms with Crippen LogP contribution in [0.25, 0.3) is 10.2 Å². The summed E-state index contributed by atoms with van der Waals surface area (Å²) < 4.78 is 17.8. The Hall–Kier alpha value is -2.45. The predicted molar refractivity (Wildman–Crippen MR) is 106 cm³/mol. The highest BCUT2D eigenvalue weighted by Crippen LogP contribution is 2.26. The summed E-state index contributed by atoms with van der Waals surface area (Å²) in [4.78, 5) is 18.9. The summed E-state index contributed by atoms with van der Waals surface area (Å²) >= 11 is 1.65. The van der Waals surface area contributed by atoms with E-state index in [4.69, 9.17) is 14.0 Å². The maximum Gasteiger partial charge on any atom is 0.276 e. The van der Waals surface area contributed by atoms with Crippen molar-refractivity contribution < 1.29 is 18.8 Å². The molecule has 0 radical (unpaired) electrons. The van der Waals surface area contributed by atoms with E-state index in [2.05, 4.69) is 10.1 Å². The molecule has 1 aromatic carbocycles. The van der Waals surface area contributed by atoms with Crippen LogP contribution >= 0.6 is 11.3 Å². The van der Waals surface area contributed by atoms with E-state index >= 15 is 0 Å². The van der Waals surface area contributed by atoms with E-state index in [0.29, 0.717) is 30.3 Å². The Kier molecular flexibility index (Phi) is 5.59. The zero-order valence-electron chi connectivity index (χ0n) is 16.0. The number of carbonyl (C=O) groups excluding carboxylic acids is 1. The van der Waals surface area contributed by atoms with Gasteiger partial charge < -0.3 is 18.9 Å². The Morgan fingerprint density at radius 1 is 1.39 bits per heavy atom. The molecule has 8 heteroatoms. The van der Waals surface area contributed by atoms with Crippen molar-refractivity contribution in [1.82, 2.24) is 15.0 Å². The van der Waals surface area contributed by atoms with Gasteiger partial charge in [0.1, 0.15) is 12.4 Å². The fourth-order valence-electron chi connectivity index (χ4n) is 3.30. The number of fused-ring (bicyclic) bond motifs is 1. The van der Waals surface area contributed by atoms with Crippen LogP contribution < -0.4 is 4.74 Å². The lowest BCUT2D eigenvalue weighted by molar-refractivity contribution is 0.0531. The van der Waals surface area contributed by atoms with Crippen LogP contribution in [0.5, 0.6) is 5.75 Å². The lowest BCUT2D eigenvalue weighted by atomic mass is 10.2. The zero-order valence-corrected chi connectivity index (χ0v) is 16.8. The molecule has 1 aliphatic heterocycles. The fraction of sp³-hybridized carbons (Fsp3) is 0.450. The minimum atomic E-state index is -0.146. The van der Waals surface area contributed by atoms with Gasteiger partial charge in [0.2, 0.25) is 0 Å². The fourth-order valence-corrected chi connectivity index (χ4v) is 4.11. The molecule has 0 saturated carbocycles. The Balaban J connectivity index is 1.37. The molecule has 0 aliphatic carbocycles. The van der Waals surface area contributed by atoms with E-state index in [-0.39, 0.29) is 18.6 Å². The number of aryl methyl sites for hydroxylation is 1. The summed E-state index contributed by atoms with van der Waals surface area (Å²) in [5, 5.41) is 4.95. The van der Waals surface area contributed by atoms with Crippen molar-refractivity contribution in [3.63, 3.8) is 0 Å². The highest BCUT2D eigenvalue weighted by Gasteiger charge is 2.24. The minimum absolute atomic E-state index is 0.114. The van der Waals surface area contributed by atoms with Crippen molar-refractivity contribution >= 4 is 27.5 Å². The second-order valence-corrected chi connectivity index (χ2v) is 8.04. The van der Waals surface area contributed by atoms with Gasteiger partial charge in [-0.3, -0.25) is 4.79 Å². The predicted octanol–water partition coefficient (Wildman–Crippen LogP) is 3.81. The Morgan fingerprint density at radius 2 is 2.29 bits per heavy atom. The largest absolute Gasteiger partial charge is 0.485 e. The molecule has 1 fully saturated rings. The number of likely N-dealkylation sites (N-methyl/N-ethyl adjacent to an activating group) is 1. The van der Waals surface area contributed by atoms with Crippen molar-refractivity contribution in [2.75, 3.05) is 19.7 Å². The molecule has 1 saturated heterocycles. The average Bonchev–Trinajstić information content (AvgIpc) is 3.43. The van der Waals surface area contributed by atoms with Crippen molar-refractivity contribution in [2.45, 2.75) is 39.4 Å². The highest BCUT2D eigenvalue weighted by atomic mass is 32.1. The number of rotatable bonds is 7.